The van der Waals surface area contributed by atoms with Crippen LogP contribution in [0.3, 0.4) is 0 Å². The van der Waals surface area contributed by atoms with Gasteiger partial charge in [-0.3, -0.25) is 14.4 Å². The van der Waals surface area contributed by atoms with Gasteiger partial charge in [0.05, 0.1) is 0 Å². The summed E-state index contributed by atoms with van der Waals surface area (Å²) in [6.45, 7) is 0. The van der Waals surface area contributed by atoms with Crippen LogP contribution < -0.4 is 20.9 Å². The molecular formula is C38H32Cl2N4O3S. The van der Waals surface area contributed by atoms with Gasteiger partial charge in [0.25, 0.3) is 11.8 Å². The van der Waals surface area contributed by atoms with Gasteiger partial charge in [-0.25, -0.2) is 0 Å². The van der Waals surface area contributed by atoms with E-state index in [0.717, 1.165) is 21.7 Å². The zero-order valence-corrected chi connectivity index (χ0v) is 28.4. The lowest BCUT2D eigenvalue weighted by Crippen LogP contribution is -2.30. The van der Waals surface area contributed by atoms with Crippen LogP contribution in [0.25, 0.3) is 6.08 Å². The molecule has 1 unspecified atom stereocenters. The van der Waals surface area contributed by atoms with E-state index in [0.29, 0.717) is 27.0 Å². The second kappa shape index (κ2) is 16.2. The molecular weight excluding hydrogens is 663 g/mol. The summed E-state index contributed by atoms with van der Waals surface area (Å²) in [5, 5.41) is 8.81. The molecule has 48 heavy (non-hydrogen) atoms. The van der Waals surface area contributed by atoms with Gasteiger partial charge < -0.3 is 20.9 Å². The van der Waals surface area contributed by atoms with E-state index in [-0.39, 0.29) is 11.6 Å². The third-order valence-electron chi connectivity index (χ3n) is 7.09. The standard InChI is InChI=1S/C38H32Cl2N4O3S/c1-44(2)32-17-13-25(14-18-32)21-34(43-36(45)27-11-7-4-8-12-27)37(46)41-30-15-19-33(20-16-30)48-35(26-9-5-3-6-10-26)38(47)42-31-23-28(39)22-29(40)24-31/h3-24,35H,1-2H3,(H,41,46)(H,42,47)(H,43,45)/b34-21-. The Morgan fingerprint density at radius 2 is 1.31 bits per heavy atom. The number of anilines is 3. The molecule has 0 aliphatic heterocycles. The SMILES string of the molecule is CN(C)c1ccc(/C=C(\NC(=O)c2ccccc2)C(=O)Nc2ccc(SC(C(=O)Nc3cc(Cl)cc(Cl)c3)c3ccccc3)cc2)cc1. The molecule has 0 aliphatic rings. The first-order valence-electron chi connectivity index (χ1n) is 14.9. The fourth-order valence-corrected chi connectivity index (χ4v) is 6.21. The molecule has 242 valence electrons. The third-order valence-corrected chi connectivity index (χ3v) is 8.79. The van der Waals surface area contributed by atoms with Crippen LogP contribution in [0, 0.1) is 0 Å². The number of halogens is 2. The maximum atomic E-state index is 13.5. The molecule has 5 aromatic carbocycles. The third kappa shape index (κ3) is 9.51. The molecule has 0 aliphatic carbocycles. The van der Waals surface area contributed by atoms with Gasteiger partial charge >= 0.3 is 0 Å². The minimum absolute atomic E-state index is 0.0850. The lowest BCUT2D eigenvalue weighted by molar-refractivity contribution is -0.116. The van der Waals surface area contributed by atoms with Crippen LogP contribution in [0.4, 0.5) is 17.1 Å². The zero-order chi connectivity index (χ0) is 34.0. The minimum Gasteiger partial charge on any atom is -0.378 e. The molecule has 0 radical (unpaired) electrons. The number of hydrogen-bond acceptors (Lipinski definition) is 5. The Morgan fingerprint density at radius 3 is 1.92 bits per heavy atom. The predicted octanol–water partition coefficient (Wildman–Crippen LogP) is 8.94. The lowest BCUT2D eigenvalue weighted by atomic mass is 10.1. The first-order valence-corrected chi connectivity index (χ1v) is 16.5. The van der Waals surface area contributed by atoms with Gasteiger partial charge in [-0.2, -0.15) is 0 Å². The van der Waals surface area contributed by atoms with Crippen molar-refractivity contribution in [3.05, 3.63) is 160 Å². The first kappa shape index (κ1) is 34.3. The lowest BCUT2D eigenvalue weighted by Gasteiger charge is -2.18. The normalized spacial score (nSPS) is 11.7. The first-order chi connectivity index (χ1) is 23.1. The Morgan fingerprint density at radius 1 is 0.708 bits per heavy atom. The van der Waals surface area contributed by atoms with E-state index in [2.05, 4.69) is 16.0 Å². The van der Waals surface area contributed by atoms with E-state index in [1.54, 1.807) is 60.7 Å². The minimum atomic E-state index is -0.592. The second-order valence-electron chi connectivity index (χ2n) is 10.9. The zero-order valence-electron chi connectivity index (χ0n) is 26.1. The van der Waals surface area contributed by atoms with Crippen molar-refractivity contribution in [1.29, 1.82) is 0 Å². The molecule has 3 amide bonds. The summed E-state index contributed by atoms with van der Waals surface area (Å²) in [5.74, 6) is -1.14. The quantitative estimate of drug-likeness (QED) is 0.0949. The molecule has 7 nitrogen and oxygen atoms in total. The smallest absolute Gasteiger partial charge is 0.272 e. The summed E-state index contributed by atoms with van der Waals surface area (Å²) in [5.41, 5.74) is 4.09. The average molecular weight is 696 g/mol. The van der Waals surface area contributed by atoms with Crippen LogP contribution in [0.5, 0.6) is 0 Å². The number of carbonyl (C=O) groups excluding carboxylic acids is 3. The Kier molecular flexibility index (Phi) is 11.6. The summed E-state index contributed by atoms with van der Waals surface area (Å²) < 4.78 is 0. The van der Waals surface area contributed by atoms with Crippen molar-refractivity contribution in [3.63, 3.8) is 0 Å². The number of carbonyl (C=O) groups is 3. The highest BCUT2D eigenvalue weighted by Crippen LogP contribution is 2.37. The molecule has 0 bridgehead atoms. The molecule has 0 fully saturated rings. The number of nitrogens with zero attached hydrogens (tertiary/aromatic N) is 1. The number of benzene rings is 5. The van der Waals surface area contributed by atoms with Gasteiger partial charge in [0, 0.05) is 51.7 Å². The number of thioether (sulfide) groups is 1. The molecule has 5 aromatic rings. The van der Waals surface area contributed by atoms with Gasteiger partial charge in [0.2, 0.25) is 5.91 Å². The van der Waals surface area contributed by atoms with E-state index >= 15 is 0 Å². The summed E-state index contributed by atoms with van der Waals surface area (Å²) in [7, 11) is 3.89. The number of amides is 3. The summed E-state index contributed by atoms with van der Waals surface area (Å²) >= 11 is 13.6. The number of nitrogens with one attached hydrogen (secondary N) is 3. The van der Waals surface area contributed by atoms with E-state index in [9.17, 15) is 14.4 Å². The number of rotatable bonds is 11. The molecule has 0 heterocycles. The van der Waals surface area contributed by atoms with Crippen molar-refractivity contribution in [2.75, 3.05) is 29.6 Å². The van der Waals surface area contributed by atoms with Crippen LogP contribution in [-0.2, 0) is 9.59 Å². The summed E-state index contributed by atoms with van der Waals surface area (Å²) in [6, 6.07) is 37.8. The van der Waals surface area contributed by atoms with Gasteiger partial charge in [-0.1, -0.05) is 83.9 Å². The maximum Gasteiger partial charge on any atom is 0.272 e. The van der Waals surface area contributed by atoms with E-state index in [1.165, 1.54) is 11.8 Å². The maximum absolute atomic E-state index is 13.5. The van der Waals surface area contributed by atoms with Crippen LogP contribution in [0.1, 0.15) is 26.7 Å². The van der Waals surface area contributed by atoms with Gasteiger partial charge in [0.1, 0.15) is 10.9 Å². The van der Waals surface area contributed by atoms with Crippen molar-refractivity contribution < 1.29 is 14.4 Å². The van der Waals surface area contributed by atoms with Crippen LogP contribution >= 0.6 is 35.0 Å². The van der Waals surface area contributed by atoms with Crippen molar-refractivity contribution >= 4 is 75.8 Å². The fraction of sp³-hybridized carbons (Fsp3) is 0.0789. The average Bonchev–Trinajstić information content (AvgIpc) is 3.08. The summed E-state index contributed by atoms with van der Waals surface area (Å²) in [6.07, 6.45) is 1.63. The summed E-state index contributed by atoms with van der Waals surface area (Å²) in [4.78, 5) is 42.8. The highest BCUT2D eigenvalue weighted by Gasteiger charge is 2.23. The number of hydrogen-bond donors (Lipinski definition) is 3. The van der Waals surface area contributed by atoms with E-state index < -0.39 is 17.1 Å². The van der Waals surface area contributed by atoms with Gasteiger partial charge in [-0.05, 0) is 83.9 Å². The molecule has 5 rings (SSSR count). The van der Waals surface area contributed by atoms with Crippen molar-refractivity contribution in [1.82, 2.24) is 5.32 Å². The van der Waals surface area contributed by atoms with Crippen molar-refractivity contribution in [2.45, 2.75) is 10.1 Å². The van der Waals surface area contributed by atoms with Crippen LogP contribution in [0.2, 0.25) is 10.0 Å². The van der Waals surface area contributed by atoms with Crippen LogP contribution in [-0.4, -0.2) is 31.8 Å². The molecule has 0 aromatic heterocycles. The molecule has 10 heteroatoms. The monoisotopic (exact) mass is 694 g/mol. The molecule has 0 spiro atoms. The fourth-order valence-electron chi connectivity index (χ4n) is 4.66. The highest BCUT2D eigenvalue weighted by molar-refractivity contribution is 8.00. The second-order valence-corrected chi connectivity index (χ2v) is 12.9. The molecule has 0 saturated carbocycles. The van der Waals surface area contributed by atoms with Gasteiger partial charge in [0.15, 0.2) is 0 Å². The largest absolute Gasteiger partial charge is 0.378 e. The Bertz CT molecular complexity index is 1900. The molecule has 3 N–H and O–H groups in total. The Labute approximate surface area is 294 Å². The highest BCUT2D eigenvalue weighted by atomic mass is 35.5. The Balaban J connectivity index is 1.33. The molecule has 1 atom stereocenters. The van der Waals surface area contributed by atoms with E-state index in [4.69, 9.17) is 23.2 Å². The Hall–Kier alpha value is -5.02. The van der Waals surface area contributed by atoms with E-state index in [1.807, 2.05) is 91.8 Å². The molecule has 0 saturated heterocycles. The van der Waals surface area contributed by atoms with Crippen molar-refractivity contribution in [3.8, 4) is 0 Å². The van der Waals surface area contributed by atoms with Gasteiger partial charge in [-0.15, -0.1) is 11.8 Å². The van der Waals surface area contributed by atoms with Crippen molar-refractivity contribution in [2.24, 2.45) is 0 Å². The topological polar surface area (TPSA) is 90.5 Å². The van der Waals surface area contributed by atoms with Crippen LogP contribution in [0.15, 0.2) is 138 Å². The predicted molar refractivity (Wildman–Crippen MR) is 198 cm³/mol.